The fourth-order valence-corrected chi connectivity index (χ4v) is 4.77. The number of benzene rings is 1. The summed E-state index contributed by atoms with van der Waals surface area (Å²) in [4.78, 5) is 32.4. The summed E-state index contributed by atoms with van der Waals surface area (Å²) in [7, 11) is 0. The second kappa shape index (κ2) is 8.88. The minimum absolute atomic E-state index is 0.0354. The van der Waals surface area contributed by atoms with Crippen LogP contribution in [0.15, 0.2) is 46.6 Å². The predicted molar refractivity (Wildman–Crippen MR) is 116 cm³/mol. The van der Waals surface area contributed by atoms with E-state index in [0.29, 0.717) is 13.0 Å². The molecule has 1 aliphatic heterocycles. The number of aromatic nitrogens is 2. The molecular weight excluding hydrogens is 384 g/mol. The molecule has 1 amide bonds. The number of nitrogens with zero attached hydrogens (tertiary/aromatic N) is 3. The lowest BCUT2D eigenvalue weighted by molar-refractivity contribution is -0.122. The Kier molecular flexibility index (Phi) is 6.06. The summed E-state index contributed by atoms with van der Waals surface area (Å²) in [5.74, 6) is 0.151. The van der Waals surface area contributed by atoms with Crippen molar-refractivity contribution in [2.24, 2.45) is 0 Å². The second-order valence-electron chi connectivity index (χ2n) is 7.56. The van der Waals surface area contributed by atoms with Crippen LogP contribution in [-0.2, 0) is 11.3 Å². The zero-order valence-corrected chi connectivity index (χ0v) is 17.5. The van der Waals surface area contributed by atoms with E-state index in [9.17, 15) is 9.59 Å². The molecule has 1 saturated heterocycles. The van der Waals surface area contributed by atoms with Crippen LogP contribution in [0.2, 0.25) is 0 Å². The van der Waals surface area contributed by atoms with Crippen LogP contribution in [0.4, 0.5) is 0 Å². The summed E-state index contributed by atoms with van der Waals surface area (Å²) < 4.78 is 1.69. The van der Waals surface area contributed by atoms with Crippen molar-refractivity contribution >= 4 is 22.2 Å². The highest BCUT2D eigenvalue weighted by Crippen LogP contribution is 2.24. The molecule has 1 fully saturated rings. The predicted octanol–water partition coefficient (Wildman–Crippen LogP) is 3.30. The highest BCUT2D eigenvalue weighted by molar-refractivity contribution is 7.15. The maximum Gasteiger partial charge on any atom is 0.259 e. The number of hydrogen-bond donors (Lipinski definition) is 1. The number of fused-ring (bicyclic) bond motifs is 1. The van der Waals surface area contributed by atoms with Gasteiger partial charge in [-0.2, -0.15) is 0 Å². The van der Waals surface area contributed by atoms with Crippen LogP contribution in [0.1, 0.15) is 38.3 Å². The Balaban J connectivity index is 1.44. The summed E-state index contributed by atoms with van der Waals surface area (Å²) in [5, 5.41) is 5.12. The maximum absolute atomic E-state index is 12.8. The Hall–Kier alpha value is -2.51. The first-order chi connectivity index (χ1) is 14.1. The molecule has 0 bridgehead atoms. The molecule has 29 heavy (non-hydrogen) atoms. The zero-order chi connectivity index (χ0) is 20.2. The first-order valence-electron chi connectivity index (χ1n) is 10.2. The highest BCUT2D eigenvalue weighted by Gasteiger charge is 2.21. The molecule has 2 aromatic heterocycles. The number of likely N-dealkylation sites (tertiary alicyclic amines) is 1. The molecule has 0 atom stereocenters. The Morgan fingerprint density at radius 1 is 1.24 bits per heavy atom. The molecule has 0 unspecified atom stereocenters. The van der Waals surface area contributed by atoms with Crippen molar-refractivity contribution in [2.45, 2.75) is 45.2 Å². The van der Waals surface area contributed by atoms with Crippen LogP contribution >= 0.6 is 11.3 Å². The first kappa shape index (κ1) is 19.8. The van der Waals surface area contributed by atoms with Crippen LogP contribution in [0, 0.1) is 0 Å². The molecule has 0 saturated carbocycles. The van der Waals surface area contributed by atoms with Crippen molar-refractivity contribution in [3.63, 3.8) is 0 Å². The van der Waals surface area contributed by atoms with Gasteiger partial charge in [0.1, 0.15) is 0 Å². The Bertz CT molecular complexity index is 1040. The van der Waals surface area contributed by atoms with Crippen molar-refractivity contribution in [3.8, 4) is 11.3 Å². The van der Waals surface area contributed by atoms with Gasteiger partial charge in [0.2, 0.25) is 5.91 Å². The van der Waals surface area contributed by atoms with Crippen LogP contribution < -0.4 is 10.9 Å². The lowest BCUT2D eigenvalue weighted by atomic mass is 10.0. The van der Waals surface area contributed by atoms with Crippen LogP contribution in [0.5, 0.6) is 0 Å². The molecule has 0 radical (unpaired) electrons. The van der Waals surface area contributed by atoms with Crippen molar-refractivity contribution < 1.29 is 4.79 Å². The van der Waals surface area contributed by atoms with Gasteiger partial charge in [0, 0.05) is 43.5 Å². The lowest BCUT2D eigenvalue weighted by Gasteiger charge is -2.32. The van der Waals surface area contributed by atoms with Gasteiger partial charge in [-0.05, 0) is 24.8 Å². The summed E-state index contributed by atoms with van der Waals surface area (Å²) in [6.07, 6.45) is 3.35. The van der Waals surface area contributed by atoms with E-state index in [1.165, 1.54) is 11.3 Å². The number of hydrogen-bond acceptors (Lipinski definition) is 5. The van der Waals surface area contributed by atoms with Gasteiger partial charge in [-0.25, -0.2) is 4.98 Å². The quantitative estimate of drug-likeness (QED) is 0.677. The summed E-state index contributed by atoms with van der Waals surface area (Å²) in [6, 6.07) is 11.8. The number of amides is 1. The van der Waals surface area contributed by atoms with E-state index in [0.717, 1.165) is 54.3 Å². The Morgan fingerprint density at radius 3 is 2.72 bits per heavy atom. The smallest absolute Gasteiger partial charge is 0.259 e. The van der Waals surface area contributed by atoms with E-state index in [-0.39, 0.29) is 17.5 Å². The molecule has 3 aromatic rings. The van der Waals surface area contributed by atoms with Crippen molar-refractivity contribution in [2.75, 3.05) is 13.1 Å². The topological polar surface area (TPSA) is 66.7 Å². The van der Waals surface area contributed by atoms with Gasteiger partial charge < -0.3 is 5.32 Å². The van der Waals surface area contributed by atoms with Gasteiger partial charge in [-0.1, -0.05) is 37.3 Å². The van der Waals surface area contributed by atoms with E-state index in [2.05, 4.69) is 10.2 Å². The van der Waals surface area contributed by atoms with Gasteiger partial charge >= 0.3 is 0 Å². The molecule has 1 N–H and O–H groups in total. The lowest BCUT2D eigenvalue weighted by Crippen LogP contribution is -2.44. The van der Waals surface area contributed by atoms with Crippen molar-refractivity contribution in [1.82, 2.24) is 19.6 Å². The molecule has 3 heterocycles. The molecule has 0 spiro atoms. The molecule has 4 rings (SSSR count). The zero-order valence-electron chi connectivity index (χ0n) is 16.6. The second-order valence-corrected chi connectivity index (χ2v) is 8.40. The molecule has 1 aliphatic rings. The van der Waals surface area contributed by atoms with E-state index in [1.807, 2.05) is 42.6 Å². The van der Waals surface area contributed by atoms with E-state index in [1.54, 1.807) is 10.5 Å². The van der Waals surface area contributed by atoms with Crippen LogP contribution in [-0.4, -0.2) is 39.3 Å². The van der Waals surface area contributed by atoms with Crippen LogP contribution in [0.25, 0.3) is 16.2 Å². The fraction of sp³-hybridized carbons (Fsp3) is 0.409. The third-order valence-electron chi connectivity index (χ3n) is 5.34. The standard InChI is InChI=1S/C22H26N4O2S/c1-2-6-20(27)23-17-9-11-25(12-10-17)14-18-13-21(28)26-19(15-29-22(26)24-18)16-7-4-3-5-8-16/h3-5,7-8,13,15,17H,2,6,9-12,14H2,1H3,(H,23,27). The van der Waals surface area contributed by atoms with E-state index < -0.39 is 0 Å². The molecule has 6 nitrogen and oxygen atoms in total. The van der Waals surface area contributed by atoms with Crippen LogP contribution in [0.3, 0.4) is 0 Å². The van der Waals surface area contributed by atoms with Crippen molar-refractivity contribution in [1.29, 1.82) is 0 Å². The fourth-order valence-electron chi connectivity index (χ4n) is 3.85. The average molecular weight is 411 g/mol. The minimum atomic E-state index is -0.0354. The van der Waals surface area contributed by atoms with E-state index >= 15 is 0 Å². The largest absolute Gasteiger partial charge is 0.353 e. The molecule has 152 valence electrons. The Labute approximate surface area is 174 Å². The Morgan fingerprint density at radius 2 is 2.00 bits per heavy atom. The molecule has 1 aromatic carbocycles. The number of carbonyl (C=O) groups excluding carboxylic acids is 1. The number of rotatable bonds is 6. The summed E-state index contributed by atoms with van der Waals surface area (Å²) >= 11 is 1.50. The number of thiazole rings is 1. The maximum atomic E-state index is 12.8. The third kappa shape index (κ3) is 4.57. The van der Waals surface area contributed by atoms with Gasteiger partial charge in [0.15, 0.2) is 4.96 Å². The average Bonchev–Trinajstić information content (AvgIpc) is 3.15. The summed E-state index contributed by atoms with van der Waals surface area (Å²) in [6.45, 7) is 4.49. The van der Waals surface area contributed by atoms with Crippen molar-refractivity contribution in [3.05, 3.63) is 57.8 Å². The minimum Gasteiger partial charge on any atom is -0.353 e. The number of piperidine rings is 1. The monoisotopic (exact) mass is 410 g/mol. The number of carbonyl (C=O) groups is 1. The van der Waals surface area contributed by atoms with Gasteiger partial charge in [0.05, 0.1) is 11.4 Å². The van der Waals surface area contributed by atoms with Gasteiger partial charge in [-0.15, -0.1) is 11.3 Å². The van der Waals surface area contributed by atoms with E-state index in [4.69, 9.17) is 4.98 Å². The third-order valence-corrected chi connectivity index (χ3v) is 6.17. The number of nitrogens with one attached hydrogen (secondary N) is 1. The first-order valence-corrected chi connectivity index (χ1v) is 11.1. The highest BCUT2D eigenvalue weighted by atomic mass is 32.1. The van der Waals surface area contributed by atoms with Gasteiger partial charge in [0.25, 0.3) is 5.56 Å². The van der Waals surface area contributed by atoms with Gasteiger partial charge in [-0.3, -0.25) is 18.9 Å². The SMILES string of the molecule is CCCC(=O)NC1CCN(Cc2cc(=O)n3c(-c4ccccc4)csc3n2)CC1. The molecule has 0 aliphatic carbocycles. The summed E-state index contributed by atoms with van der Waals surface area (Å²) in [5.41, 5.74) is 2.68. The molecule has 7 heteroatoms. The molecular formula is C22H26N4O2S. The normalized spacial score (nSPS) is 15.6.